The summed E-state index contributed by atoms with van der Waals surface area (Å²) < 4.78 is 166. The molecular weight excluding hydrogens is 721 g/mol. The number of halogens is 12. The normalized spacial score (nSPS) is 10.9. The van der Waals surface area contributed by atoms with Crippen LogP contribution in [0.3, 0.4) is 0 Å². The summed E-state index contributed by atoms with van der Waals surface area (Å²) in [6.07, 6.45) is -18.9. The predicted octanol–water partition coefficient (Wildman–Crippen LogP) is 4.72. The molecule has 4 nitrogen and oxygen atoms in total. The molecule has 0 fully saturated rings. The smallest absolute Gasteiger partial charge is 0.382 e. The van der Waals surface area contributed by atoms with Crippen LogP contribution in [0.15, 0.2) is 36.4 Å². The second-order valence-corrected chi connectivity index (χ2v) is 8.14. The zero-order valence-corrected chi connectivity index (χ0v) is 31.3. The number of hydrogen-bond donors (Lipinski definition) is 0. The van der Waals surface area contributed by atoms with Gasteiger partial charge in [-0.15, -0.1) is 0 Å². The van der Waals surface area contributed by atoms with Crippen LogP contribution in [0.25, 0.3) is 0 Å². The third-order valence-electron chi connectivity index (χ3n) is 4.52. The maximum Gasteiger partial charge on any atom is 1.00 e. The summed E-state index contributed by atoms with van der Waals surface area (Å²) >= 11 is 0. The van der Waals surface area contributed by atoms with E-state index in [1.54, 1.807) is 0 Å². The summed E-state index contributed by atoms with van der Waals surface area (Å²) in [5.74, 6) is 0. The quantitative estimate of drug-likeness (QED) is 0.288. The van der Waals surface area contributed by atoms with Crippen LogP contribution < -0.4 is 40.5 Å². The van der Waals surface area contributed by atoms with E-state index in [9.17, 15) is 52.7 Å². The maximum absolute atomic E-state index is 12.2. The van der Waals surface area contributed by atoms with Crippen LogP contribution in [0.5, 0.6) is 0 Å². The molecule has 51 heavy (non-hydrogen) atoms. The van der Waals surface area contributed by atoms with E-state index in [0.717, 1.165) is 77.1 Å². The third kappa shape index (κ3) is 35.4. The molecule has 0 unspecified atom stereocenters. The van der Waals surface area contributed by atoms with Gasteiger partial charge in [0.05, 0.1) is 22.3 Å². The number of alkyl halides is 12. The summed E-state index contributed by atoms with van der Waals surface area (Å²) in [5, 5.41) is 0. The van der Waals surface area contributed by atoms with Crippen LogP contribution in [0, 0.1) is 0 Å². The first-order chi connectivity index (χ1) is 22.9. The largest absolute Gasteiger partial charge is 1.00 e. The molecule has 0 aliphatic heterocycles. The Morgan fingerprint density at radius 3 is 0.588 bits per heavy atom. The zero-order valence-electron chi connectivity index (χ0n) is 30.3. The molecule has 2 aromatic rings. The van der Waals surface area contributed by atoms with Gasteiger partial charge in [-0.2, -0.15) is 52.7 Å². The molecule has 19 heteroatoms. The molecule has 0 radical (unpaired) electrons. The minimum absolute atomic E-state index is 0. The van der Waals surface area contributed by atoms with Gasteiger partial charge in [-0.05, 0) is 83.2 Å². The first-order valence-electron chi connectivity index (χ1n) is 14.7. The fourth-order valence-electron chi connectivity index (χ4n) is 2.42. The van der Waals surface area contributed by atoms with E-state index in [0.29, 0.717) is 0 Å². The number of hydrogen-bond acceptors (Lipinski definition) is 4. The van der Waals surface area contributed by atoms with E-state index in [1.807, 2.05) is 55.4 Å². The molecule has 0 N–H and O–H groups in total. The predicted molar refractivity (Wildman–Crippen MR) is 182 cm³/mol. The average Bonchev–Trinajstić information content (AvgIpc) is 2.98. The molecule has 0 aromatic heterocycles. The summed E-state index contributed by atoms with van der Waals surface area (Å²) in [4.78, 5) is 0. The second kappa shape index (κ2) is 32.0. The first-order valence-corrected chi connectivity index (χ1v) is 14.7. The molecule has 2 aromatic carbocycles. The van der Waals surface area contributed by atoms with Crippen molar-refractivity contribution in [1.29, 1.82) is 0 Å². The molecule has 0 saturated heterocycles. The van der Waals surface area contributed by atoms with Gasteiger partial charge in [-0.25, -0.2) is 10.9 Å². The van der Waals surface area contributed by atoms with Gasteiger partial charge in [0.15, 0.2) is 0 Å². The molecule has 2 rings (SSSR count). The van der Waals surface area contributed by atoms with Crippen molar-refractivity contribution in [2.45, 2.75) is 80.1 Å². The fraction of sp³-hybridized carbons (Fsp3) is 0.625. The van der Waals surface area contributed by atoms with Crippen molar-refractivity contribution >= 4 is 26.6 Å². The van der Waals surface area contributed by atoms with Crippen molar-refractivity contribution in [3.05, 3.63) is 58.7 Å². The summed E-state index contributed by atoms with van der Waals surface area (Å²) in [7, 11) is -1.40. The number of rotatable bonds is 8. The van der Waals surface area contributed by atoms with Gasteiger partial charge >= 0.3 is 55.7 Å². The summed E-state index contributed by atoms with van der Waals surface area (Å²) in [6, 6.07) is 3.44. The first kappa shape index (κ1) is 58.9. The fourth-order valence-corrected chi connectivity index (χ4v) is 2.42. The van der Waals surface area contributed by atoms with Crippen molar-refractivity contribution in [2.24, 2.45) is 0 Å². The van der Waals surface area contributed by atoms with Crippen molar-refractivity contribution in [1.82, 2.24) is 0 Å². The monoisotopic (exact) mass is 774 g/mol. The zero-order chi connectivity index (χ0) is 40.2. The van der Waals surface area contributed by atoms with Crippen molar-refractivity contribution in [3.63, 3.8) is 0 Å². The van der Waals surface area contributed by atoms with E-state index in [-0.39, 0.29) is 54.0 Å². The molecule has 0 amide bonds. The van der Waals surface area contributed by atoms with Crippen LogP contribution in [0.4, 0.5) is 52.7 Å². The average molecular weight is 774 g/mol. The van der Waals surface area contributed by atoms with E-state index in [1.165, 1.54) is 0 Å². The van der Waals surface area contributed by atoms with Crippen LogP contribution in [-0.2, 0) is 43.7 Å². The topological polar surface area (TPSA) is 36.9 Å². The Hall–Kier alpha value is -1.43. The van der Waals surface area contributed by atoms with Crippen molar-refractivity contribution < 1.29 is 103 Å². The van der Waals surface area contributed by atoms with Gasteiger partial charge in [0.25, 0.3) is 0 Å². The Morgan fingerprint density at radius 2 is 0.510 bits per heavy atom. The molecule has 0 heterocycles. The molecule has 0 saturated carbocycles. The molecule has 296 valence electrons. The summed E-state index contributed by atoms with van der Waals surface area (Å²) in [5.41, 5.74) is -4.52. The van der Waals surface area contributed by atoms with E-state index in [2.05, 4.69) is 0 Å². The molecule has 0 spiro atoms. The van der Waals surface area contributed by atoms with E-state index < -0.39 is 62.7 Å². The van der Waals surface area contributed by atoms with Gasteiger partial charge in [0.2, 0.25) is 0 Å². The van der Waals surface area contributed by atoms with Crippen LogP contribution >= 0.6 is 0 Å². The molecule has 0 atom stereocenters. The molecule has 0 bridgehead atoms. The van der Waals surface area contributed by atoms with Crippen LogP contribution in [0.1, 0.15) is 79.1 Å². The Labute approximate surface area is 319 Å². The standard InChI is InChI=1S/2C8H6BF6.4C4H10O.Na/c2*9-6-2-4(7(10,11)12)1-5(3-6)8(13,14)15;4*1-3-5-4-2;/h2*1-3H,9H3;4*3-4H2,1-2H3;/q2*-1;;;;;+1/p+1. The molecular formula is C32H53B2F12NaO4. The van der Waals surface area contributed by atoms with E-state index in [4.69, 9.17) is 18.9 Å². The maximum atomic E-state index is 12.2. The Balaban J connectivity index is -0.000000132. The van der Waals surface area contributed by atoms with Gasteiger partial charge in [0.1, 0.15) is 0 Å². The third-order valence-corrected chi connectivity index (χ3v) is 4.52. The second-order valence-electron chi connectivity index (χ2n) is 8.14. The van der Waals surface area contributed by atoms with Gasteiger partial charge in [-0.3, -0.25) is 0 Å². The minimum atomic E-state index is -4.72. The van der Waals surface area contributed by atoms with Crippen molar-refractivity contribution in [3.8, 4) is 0 Å². The molecule has 0 aliphatic carbocycles. The van der Waals surface area contributed by atoms with Gasteiger partial charge < -0.3 is 18.9 Å². The Bertz CT molecular complexity index is 937. The van der Waals surface area contributed by atoms with Crippen LogP contribution in [0.2, 0.25) is 0 Å². The summed E-state index contributed by atoms with van der Waals surface area (Å²) in [6.45, 7) is 22.7. The molecule has 0 aliphatic rings. The van der Waals surface area contributed by atoms with Gasteiger partial charge in [-0.1, -0.05) is 24.3 Å². The number of benzene rings is 2. The Morgan fingerprint density at radius 1 is 0.373 bits per heavy atom. The minimum Gasteiger partial charge on any atom is -0.382 e. The van der Waals surface area contributed by atoms with E-state index >= 15 is 0 Å². The van der Waals surface area contributed by atoms with Crippen molar-refractivity contribution in [2.75, 3.05) is 52.9 Å². The number of ether oxygens (including phenoxy) is 4. The Kier molecular flexibility index (Phi) is 37.0. The van der Waals surface area contributed by atoms with Gasteiger partial charge in [0, 0.05) is 52.9 Å². The SMILES string of the molecule is CCOCC.CCOCC.CCOCC.CCOCC.[BH3-]c1cc(C(F)(F)F)cc(C(F)(F)F)c1.[BH3-]c1cc(C(F)(F)F)cc(C(F)(F)F)c1.[H+].[Na+]. The van der Waals surface area contributed by atoms with Crippen LogP contribution in [-0.4, -0.2) is 68.5 Å².